The van der Waals surface area contributed by atoms with Crippen molar-refractivity contribution in [2.45, 2.75) is 18.8 Å². The van der Waals surface area contributed by atoms with Crippen LogP contribution in [0.4, 0.5) is 0 Å². The lowest BCUT2D eigenvalue weighted by Crippen LogP contribution is -2.29. The van der Waals surface area contributed by atoms with E-state index in [2.05, 4.69) is 15.9 Å². The first-order valence-electron chi connectivity index (χ1n) is 4.80. The molecule has 2 rings (SSSR count). The average Bonchev–Trinajstić information content (AvgIpc) is 2.62. The van der Waals surface area contributed by atoms with Crippen LogP contribution in [0.25, 0.3) is 0 Å². The molecule has 82 valence electrons. The molecular formula is C11H12BrClO2. The SMILES string of the molecule is C[C@@H]1COC(CBr)(c2ccc(Cl)cc2)O1. The molecule has 2 atom stereocenters. The third-order valence-electron chi connectivity index (χ3n) is 2.40. The van der Waals surface area contributed by atoms with Gasteiger partial charge in [-0.3, -0.25) is 0 Å². The summed E-state index contributed by atoms with van der Waals surface area (Å²) in [5.74, 6) is -0.649. The van der Waals surface area contributed by atoms with Gasteiger partial charge in [-0.25, -0.2) is 0 Å². The summed E-state index contributed by atoms with van der Waals surface area (Å²) in [7, 11) is 0. The molecule has 4 heteroatoms. The van der Waals surface area contributed by atoms with Gasteiger partial charge >= 0.3 is 0 Å². The monoisotopic (exact) mass is 290 g/mol. The van der Waals surface area contributed by atoms with Gasteiger partial charge in [-0.1, -0.05) is 39.7 Å². The number of alkyl halides is 1. The lowest BCUT2D eigenvalue weighted by molar-refractivity contribution is -0.154. The highest BCUT2D eigenvalue weighted by molar-refractivity contribution is 9.09. The van der Waals surface area contributed by atoms with Crippen LogP contribution in [-0.2, 0) is 15.3 Å². The Morgan fingerprint density at radius 3 is 2.60 bits per heavy atom. The number of ether oxygens (including phenoxy) is 2. The molecule has 1 aliphatic heterocycles. The first-order chi connectivity index (χ1) is 7.16. The molecular weight excluding hydrogens is 279 g/mol. The van der Waals surface area contributed by atoms with Crippen molar-refractivity contribution in [3.63, 3.8) is 0 Å². The first-order valence-corrected chi connectivity index (χ1v) is 6.30. The van der Waals surface area contributed by atoms with E-state index in [1.54, 1.807) is 0 Å². The van der Waals surface area contributed by atoms with Crippen LogP contribution in [0.2, 0.25) is 5.02 Å². The van der Waals surface area contributed by atoms with Gasteiger partial charge in [-0.05, 0) is 19.1 Å². The molecule has 15 heavy (non-hydrogen) atoms. The van der Waals surface area contributed by atoms with Crippen molar-refractivity contribution in [1.29, 1.82) is 0 Å². The Balaban J connectivity index is 2.30. The van der Waals surface area contributed by atoms with E-state index in [1.807, 2.05) is 31.2 Å². The van der Waals surface area contributed by atoms with E-state index in [4.69, 9.17) is 21.1 Å². The van der Waals surface area contributed by atoms with Crippen molar-refractivity contribution in [2.75, 3.05) is 11.9 Å². The van der Waals surface area contributed by atoms with Gasteiger partial charge in [0.15, 0.2) is 0 Å². The Bertz CT molecular complexity index is 341. The first kappa shape index (κ1) is 11.4. The van der Waals surface area contributed by atoms with Crippen molar-refractivity contribution in [2.24, 2.45) is 0 Å². The van der Waals surface area contributed by atoms with Crippen LogP contribution in [0.3, 0.4) is 0 Å². The van der Waals surface area contributed by atoms with E-state index in [9.17, 15) is 0 Å². The smallest absolute Gasteiger partial charge is 0.205 e. The van der Waals surface area contributed by atoms with Crippen LogP contribution in [0.5, 0.6) is 0 Å². The van der Waals surface area contributed by atoms with Gasteiger partial charge in [0.2, 0.25) is 5.79 Å². The molecule has 0 spiro atoms. The van der Waals surface area contributed by atoms with Crippen molar-refractivity contribution < 1.29 is 9.47 Å². The minimum atomic E-state index is -0.649. The number of hydrogen-bond acceptors (Lipinski definition) is 2. The van der Waals surface area contributed by atoms with Crippen LogP contribution in [0.1, 0.15) is 12.5 Å². The highest BCUT2D eigenvalue weighted by Crippen LogP contribution is 2.36. The zero-order valence-electron chi connectivity index (χ0n) is 8.37. The summed E-state index contributed by atoms with van der Waals surface area (Å²) < 4.78 is 11.5. The third kappa shape index (κ3) is 2.21. The minimum absolute atomic E-state index is 0.123. The van der Waals surface area contributed by atoms with Crippen LogP contribution in [0.15, 0.2) is 24.3 Å². The van der Waals surface area contributed by atoms with Gasteiger partial charge in [0.1, 0.15) is 0 Å². The molecule has 2 nitrogen and oxygen atoms in total. The molecule has 1 aromatic carbocycles. The Morgan fingerprint density at radius 2 is 2.13 bits per heavy atom. The molecule has 1 heterocycles. The van der Waals surface area contributed by atoms with Crippen LogP contribution >= 0.6 is 27.5 Å². The Hall–Kier alpha value is -0.0900. The van der Waals surface area contributed by atoms with Crippen molar-refractivity contribution in [3.05, 3.63) is 34.9 Å². The van der Waals surface area contributed by atoms with Crippen LogP contribution in [-0.4, -0.2) is 18.0 Å². The quantitative estimate of drug-likeness (QED) is 0.778. The molecule has 1 unspecified atom stereocenters. The molecule has 0 aliphatic carbocycles. The van der Waals surface area contributed by atoms with Gasteiger partial charge in [0.05, 0.1) is 18.0 Å². The van der Waals surface area contributed by atoms with Crippen LogP contribution < -0.4 is 0 Å². The second kappa shape index (κ2) is 4.42. The Labute approximate surface area is 103 Å². The maximum Gasteiger partial charge on any atom is 0.205 e. The Morgan fingerprint density at radius 1 is 1.47 bits per heavy atom. The van der Waals surface area contributed by atoms with Crippen molar-refractivity contribution in [1.82, 2.24) is 0 Å². The zero-order chi connectivity index (χ0) is 10.9. The predicted octanol–water partition coefficient (Wildman–Crippen LogP) is 3.32. The fraction of sp³-hybridized carbons (Fsp3) is 0.455. The largest absolute Gasteiger partial charge is 0.342 e. The Kier molecular flexibility index (Phi) is 3.36. The van der Waals surface area contributed by atoms with E-state index >= 15 is 0 Å². The maximum atomic E-state index is 5.84. The van der Waals surface area contributed by atoms with Crippen molar-refractivity contribution in [3.8, 4) is 0 Å². The predicted molar refractivity (Wildman–Crippen MR) is 63.4 cm³/mol. The van der Waals surface area contributed by atoms with Crippen LogP contribution in [0, 0.1) is 0 Å². The average molecular weight is 292 g/mol. The van der Waals surface area contributed by atoms with Crippen molar-refractivity contribution >= 4 is 27.5 Å². The molecule has 0 amide bonds. The standard InChI is InChI=1S/C11H12BrClO2/c1-8-6-14-11(7-12,15-8)9-2-4-10(13)5-3-9/h2-5,8H,6-7H2,1H3/t8-,11?/m1/s1. The highest BCUT2D eigenvalue weighted by atomic mass is 79.9. The molecule has 0 radical (unpaired) electrons. The van der Waals surface area contributed by atoms with E-state index in [0.29, 0.717) is 11.9 Å². The maximum absolute atomic E-state index is 5.84. The molecule has 1 aliphatic rings. The second-order valence-electron chi connectivity index (χ2n) is 3.63. The number of benzene rings is 1. The summed E-state index contributed by atoms with van der Waals surface area (Å²) in [6.45, 7) is 2.62. The summed E-state index contributed by atoms with van der Waals surface area (Å²) in [5.41, 5.74) is 0.994. The van der Waals surface area contributed by atoms with E-state index in [0.717, 1.165) is 10.6 Å². The van der Waals surface area contributed by atoms with Gasteiger partial charge < -0.3 is 9.47 Å². The summed E-state index contributed by atoms with van der Waals surface area (Å²) in [6.07, 6.45) is 0.123. The summed E-state index contributed by atoms with van der Waals surface area (Å²) in [4.78, 5) is 0. The molecule has 0 bridgehead atoms. The lowest BCUT2D eigenvalue weighted by Gasteiger charge is -2.26. The summed E-state index contributed by atoms with van der Waals surface area (Å²) >= 11 is 9.28. The highest BCUT2D eigenvalue weighted by Gasteiger charge is 2.40. The molecule has 0 aromatic heterocycles. The normalized spacial score (nSPS) is 30.7. The molecule has 0 N–H and O–H groups in total. The third-order valence-corrected chi connectivity index (χ3v) is 3.39. The van der Waals surface area contributed by atoms with Gasteiger partial charge in [0.25, 0.3) is 0 Å². The summed E-state index contributed by atoms with van der Waals surface area (Å²) in [5, 5.41) is 1.33. The molecule has 1 fully saturated rings. The molecule has 1 saturated heterocycles. The van der Waals surface area contributed by atoms with Gasteiger partial charge in [-0.2, -0.15) is 0 Å². The second-order valence-corrected chi connectivity index (χ2v) is 4.63. The molecule has 1 aromatic rings. The van der Waals surface area contributed by atoms with E-state index in [-0.39, 0.29) is 6.10 Å². The molecule has 0 saturated carbocycles. The fourth-order valence-electron chi connectivity index (χ4n) is 1.65. The number of hydrogen-bond donors (Lipinski definition) is 0. The fourth-order valence-corrected chi connectivity index (χ4v) is 2.39. The van der Waals surface area contributed by atoms with E-state index < -0.39 is 5.79 Å². The lowest BCUT2D eigenvalue weighted by atomic mass is 10.1. The topological polar surface area (TPSA) is 18.5 Å². The van der Waals surface area contributed by atoms with E-state index in [1.165, 1.54) is 0 Å². The zero-order valence-corrected chi connectivity index (χ0v) is 10.7. The summed E-state index contributed by atoms with van der Waals surface area (Å²) in [6, 6.07) is 7.55. The number of rotatable bonds is 2. The number of halogens is 2. The minimum Gasteiger partial charge on any atom is -0.342 e. The van der Waals surface area contributed by atoms with Gasteiger partial charge in [-0.15, -0.1) is 0 Å². The van der Waals surface area contributed by atoms with Gasteiger partial charge in [0, 0.05) is 10.6 Å².